The summed E-state index contributed by atoms with van der Waals surface area (Å²) in [7, 11) is 1.36. The zero-order chi connectivity index (χ0) is 18.8. The van der Waals surface area contributed by atoms with Crippen LogP contribution in [0.15, 0.2) is 47.6 Å². The van der Waals surface area contributed by atoms with Gasteiger partial charge in [-0.1, -0.05) is 47.6 Å². The molecule has 2 N–H and O–H groups in total. The summed E-state index contributed by atoms with van der Waals surface area (Å²) in [6.45, 7) is 0.203. The molecule has 1 aliphatic carbocycles. The highest BCUT2D eigenvalue weighted by molar-refractivity contribution is 5.76. The normalized spacial score (nSPS) is 17.3. The van der Waals surface area contributed by atoms with Crippen molar-refractivity contribution >= 4 is 5.97 Å². The second-order valence-electron chi connectivity index (χ2n) is 6.49. The first-order valence-corrected chi connectivity index (χ1v) is 8.89. The minimum Gasteiger partial charge on any atom is -0.468 e. The van der Waals surface area contributed by atoms with Gasteiger partial charge in [0.15, 0.2) is 0 Å². The highest BCUT2D eigenvalue weighted by atomic mass is 16.5. The van der Waals surface area contributed by atoms with Crippen molar-refractivity contribution < 1.29 is 14.6 Å². The molecule has 1 aliphatic rings. The predicted octanol–water partition coefficient (Wildman–Crippen LogP) is 2.76. The van der Waals surface area contributed by atoms with E-state index in [1.165, 1.54) is 7.11 Å². The lowest BCUT2D eigenvalue weighted by Gasteiger charge is -2.26. The molecule has 0 aliphatic heterocycles. The molecule has 1 fully saturated rings. The summed E-state index contributed by atoms with van der Waals surface area (Å²) in [4.78, 5) is 14.9. The number of esters is 1. The molecule has 0 spiro atoms. The number of allylic oxidation sites excluding steroid dienone is 1. The van der Waals surface area contributed by atoms with Gasteiger partial charge < -0.3 is 9.84 Å². The Balaban J connectivity index is 2.08. The summed E-state index contributed by atoms with van der Waals surface area (Å²) < 4.78 is 4.93. The van der Waals surface area contributed by atoms with Crippen molar-refractivity contribution in [1.29, 1.82) is 0 Å². The van der Waals surface area contributed by atoms with Gasteiger partial charge in [0.1, 0.15) is 6.04 Å². The summed E-state index contributed by atoms with van der Waals surface area (Å²) >= 11 is 0. The number of aliphatic hydroxyl groups excluding tert-OH is 1. The number of benzene rings is 1. The predicted molar refractivity (Wildman–Crippen MR) is 99.4 cm³/mol. The maximum absolute atomic E-state index is 12.2. The summed E-state index contributed by atoms with van der Waals surface area (Å²) in [5.74, 6) is 0.176. The largest absolute Gasteiger partial charge is 0.468 e. The van der Waals surface area contributed by atoms with Gasteiger partial charge in [-0.25, -0.2) is 0 Å². The van der Waals surface area contributed by atoms with Gasteiger partial charge in [0, 0.05) is 11.5 Å². The van der Waals surface area contributed by atoms with Crippen molar-refractivity contribution in [2.24, 2.45) is 11.0 Å². The van der Waals surface area contributed by atoms with E-state index < -0.39 is 18.2 Å². The van der Waals surface area contributed by atoms with Crippen LogP contribution in [0.25, 0.3) is 10.4 Å². The Morgan fingerprint density at radius 1 is 1.46 bits per heavy atom. The smallest absolute Gasteiger partial charge is 0.323 e. The van der Waals surface area contributed by atoms with Crippen molar-refractivity contribution in [3.63, 3.8) is 0 Å². The maximum Gasteiger partial charge on any atom is 0.323 e. The SMILES string of the molecule is COC(=O)[C@H](Cc1ccccc1)N[C@H](/C=C/C1CC1)[C@@H](O)CCN=[N+]=[N-]. The average Bonchev–Trinajstić information content (AvgIpc) is 3.48. The Morgan fingerprint density at radius 3 is 2.81 bits per heavy atom. The van der Waals surface area contributed by atoms with E-state index in [-0.39, 0.29) is 12.5 Å². The van der Waals surface area contributed by atoms with E-state index in [1.54, 1.807) is 0 Å². The molecular formula is C19H26N4O3. The van der Waals surface area contributed by atoms with Gasteiger partial charge in [0.2, 0.25) is 0 Å². The molecule has 0 aromatic heterocycles. The first kappa shape index (κ1) is 20.0. The molecule has 7 heteroatoms. The number of aliphatic hydroxyl groups is 1. The molecule has 2 rings (SSSR count). The fourth-order valence-corrected chi connectivity index (χ4v) is 2.71. The molecule has 0 unspecified atom stereocenters. The van der Waals surface area contributed by atoms with Gasteiger partial charge in [-0.05, 0) is 42.7 Å². The van der Waals surface area contributed by atoms with E-state index in [9.17, 15) is 9.90 Å². The lowest BCUT2D eigenvalue weighted by Crippen LogP contribution is -2.49. The van der Waals surface area contributed by atoms with E-state index in [2.05, 4.69) is 21.4 Å². The topological polar surface area (TPSA) is 107 Å². The number of azide groups is 1. The third kappa shape index (κ3) is 6.88. The minimum absolute atomic E-state index is 0.203. The fourth-order valence-electron chi connectivity index (χ4n) is 2.71. The molecule has 0 amide bonds. The van der Waals surface area contributed by atoms with Crippen LogP contribution in [0, 0.1) is 5.92 Å². The van der Waals surface area contributed by atoms with Crippen LogP contribution in [0.2, 0.25) is 0 Å². The van der Waals surface area contributed by atoms with E-state index >= 15 is 0 Å². The highest BCUT2D eigenvalue weighted by Gasteiger charge is 2.27. The number of carbonyl (C=O) groups is 1. The Bertz CT molecular complexity index is 639. The zero-order valence-electron chi connectivity index (χ0n) is 15.0. The number of ether oxygens (including phenoxy) is 1. The van der Waals surface area contributed by atoms with Crippen molar-refractivity contribution in [2.45, 2.75) is 43.9 Å². The lowest BCUT2D eigenvalue weighted by molar-refractivity contribution is -0.143. The second kappa shape index (κ2) is 10.6. The molecule has 26 heavy (non-hydrogen) atoms. The molecule has 3 atom stereocenters. The molecule has 140 valence electrons. The van der Waals surface area contributed by atoms with Gasteiger partial charge in [-0.2, -0.15) is 0 Å². The van der Waals surface area contributed by atoms with Crippen LogP contribution >= 0.6 is 0 Å². The van der Waals surface area contributed by atoms with Crippen molar-refractivity contribution in [1.82, 2.24) is 5.32 Å². The zero-order valence-corrected chi connectivity index (χ0v) is 15.0. The van der Waals surface area contributed by atoms with Crippen LogP contribution in [0.5, 0.6) is 0 Å². The number of nitrogens with zero attached hydrogens (tertiary/aromatic N) is 3. The molecular weight excluding hydrogens is 332 g/mol. The third-order valence-electron chi connectivity index (χ3n) is 4.38. The summed E-state index contributed by atoms with van der Waals surface area (Å²) in [5, 5.41) is 17.2. The molecule has 0 saturated heterocycles. The van der Waals surface area contributed by atoms with E-state index in [1.807, 2.05) is 36.4 Å². The first-order chi connectivity index (χ1) is 12.6. The third-order valence-corrected chi connectivity index (χ3v) is 4.38. The number of methoxy groups -OCH3 is 1. The summed E-state index contributed by atoms with van der Waals surface area (Å²) in [5.41, 5.74) is 9.41. The van der Waals surface area contributed by atoms with Crippen LogP contribution in [0.4, 0.5) is 0 Å². The van der Waals surface area contributed by atoms with Gasteiger partial charge in [-0.3, -0.25) is 10.1 Å². The Hall–Kier alpha value is -2.34. The van der Waals surface area contributed by atoms with E-state index in [0.717, 1.165) is 18.4 Å². The maximum atomic E-state index is 12.2. The van der Waals surface area contributed by atoms with Crippen LogP contribution in [-0.4, -0.2) is 42.9 Å². The van der Waals surface area contributed by atoms with Crippen LogP contribution in [0.3, 0.4) is 0 Å². The Kier molecular flexibility index (Phi) is 8.15. The van der Waals surface area contributed by atoms with Crippen LogP contribution in [-0.2, 0) is 16.0 Å². The molecule has 1 saturated carbocycles. The van der Waals surface area contributed by atoms with E-state index in [0.29, 0.717) is 18.8 Å². The fraction of sp³-hybridized carbons (Fsp3) is 0.526. The van der Waals surface area contributed by atoms with E-state index in [4.69, 9.17) is 10.3 Å². The molecule has 0 bridgehead atoms. The van der Waals surface area contributed by atoms with Gasteiger partial charge in [-0.15, -0.1) is 0 Å². The van der Waals surface area contributed by atoms with Gasteiger partial charge in [0.05, 0.1) is 19.3 Å². The van der Waals surface area contributed by atoms with Crippen LogP contribution < -0.4 is 5.32 Å². The average molecular weight is 358 g/mol. The highest BCUT2D eigenvalue weighted by Crippen LogP contribution is 2.30. The van der Waals surface area contributed by atoms with Crippen molar-refractivity contribution in [2.75, 3.05) is 13.7 Å². The summed E-state index contributed by atoms with van der Waals surface area (Å²) in [6.07, 6.45) is 6.31. The number of hydrogen-bond donors (Lipinski definition) is 2. The minimum atomic E-state index is -0.765. The second-order valence-corrected chi connectivity index (χ2v) is 6.49. The molecule has 1 aromatic rings. The number of hydrogen-bond acceptors (Lipinski definition) is 5. The van der Waals surface area contributed by atoms with Crippen molar-refractivity contribution in [3.05, 3.63) is 58.5 Å². The molecule has 1 aromatic carbocycles. The lowest BCUT2D eigenvalue weighted by atomic mass is 10.0. The number of carbonyl (C=O) groups excluding carboxylic acids is 1. The Labute approximate surface area is 153 Å². The quantitative estimate of drug-likeness (QED) is 0.208. The van der Waals surface area contributed by atoms with Gasteiger partial charge >= 0.3 is 5.97 Å². The molecule has 7 nitrogen and oxygen atoms in total. The number of nitrogens with one attached hydrogen (secondary N) is 1. The number of rotatable bonds is 11. The molecule has 0 radical (unpaired) electrons. The Morgan fingerprint density at radius 2 is 2.19 bits per heavy atom. The van der Waals surface area contributed by atoms with Crippen LogP contribution in [0.1, 0.15) is 24.8 Å². The van der Waals surface area contributed by atoms with Gasteiger partial charge in [0.25, 0.3) is 0 Å². The van der Waals surface area contributed by atoms with Crippen molar-refractivity contribution in [3.8, 4) is 0 Å². The summed E-state index contributed by atoms with van der Waals surface area (Å²) in [6, 6.07) is 8.66. The first-order valence-electron chi connectivity index (χ1n) is 8.89. The molecule has 0 heterocycles. The monoisotopic (exact) mass is 358 g/mol. The standard InChI is InChI=1S/C19H26N4O3/c1-26-19(25)17(13-15-5-3-2-4-6-15)22-16(10-9-14-7-8-14)18(24)11-12-21-23-20/h2-6,9-10,14,16-18,22,24H,7-8,11-13H2,1H3/b10-9+/t16-,17+,18+/m1/s1.